The molecule has 0 aromatic heterocycles. The number of fused-ring (bicyclic) bond motifs is 12. The topological polar surface area (TPSA) is 67.2 Å². The van der Waals surface area contributed by atoms with Crippen LogP contribution in [-0.2, 0) is 14.3 Å². The first kappa shape index (κ1) is 17.1. The molecule has 0 bridgehead atoms. The van der Waals surface area contributed by atoms with E-state index in [1.807, 2.05) is 6.08 Å². The molecule has 6 fully saturated rings. The summed E-state index contributed by atoms with van der Waals surface area (Å²) in [5.74, 6) is 4.25. The summed E-state index contributed by atoms with van der Waals surface area (Å²) < 4.78 is 6.21. The summed E-state index contributed by atoms with van der Waals surface area (Å²) in [5.41, 5.74) is 1.08. The van der Waals surface area contributed by atoms with Gasteiger partial charge in [-0.3, -0.25) is 9.59 Å². The lowest BCUT2D eigenvalue weighted by Gasteiger charge is -2.60. The molecule has 152 valence electrons. The molecule has 6 aliphatic carbocycles. The van der Waals surface area contributed by atoms with Crippen LogP contribution in [0.25, 0.3) is 0 Å². The van der Waals surface area contributed by atoms with Gasteiger partial charge in [0.15, 0.2) is 5.78 Å². The van der Waals surface area contributed by atoms with E-state index in [0.29, 0.717) is 54.3 Å². The number of carbonyl (C=O) groups is 2. The first-order valence-corrected chi connectivity index (χ1v) is 11.7. The highest BCUT2D eigenvalue weighted by Gasteiger charge is 2.81. The largest absolute Gasteiger partial charge is 0.458 e. The van der Waals surface area contributed by atoms with Crippen molar-refractivity contribution in [2.24, 2.45) is 58.2 Å². The van der Waals surface area contributed by atoms with E-state index in [1.165, 1.54) is 18.4 Å². The highest BCUT2D eigenvalue weighted by Crippen LogP contribution is 2.82. The van der Waals surface area contributed by atoms with Gasteiger partial charge in [0, 0.05) is 29.6 Å². The summed E-state index contributed by atoms with van der Waals surface area (Å²) in [7, 11) is 0. The van der Waals surface area contributed by atoms with Crippen LogP contribution in [0, 0.1) is 69.5 Å². The maximum Gasteiger partial charge on any atom is 0.306 e. The highest BCUT2D eigenvalue weighted by atomic mass is 16.6. The van der Waals surface area contributed by atoms with Crippen molar-refractivity contribution in [3.63, 3.8) is 0 Å². The van der Waals surface area contributed by atoms with Crippen molar-refractivity contribution in [1.82, 2.24) is 0 Å². The van der Waals surface area contributed by atoms with Gasteiger partial charge in [-0.25, -0.2) is 0 Å². The molecule has 4 nitrogen and oxygen atoms in total. The molecule has 0 aromatic rings. The van der Waals surface area contributed by atoms with E-state index in [2.05, 4.69) is 19.9 Å². The number of hydrogen-bond acceptors (Lipinski definition) is 4. The van der Waals surface area contributed by atoms with E-state index in [-0.39, 0.29) is 34.1 Å². The fraction of sp³-hybridized carbons (Fsp3) is 0.800. The van der Waals surface area contributed by atoms with Gasteiger partial charge < -0.3 is 4.74 Å². The van der Waals surface area contributed by atoms with Gasteiger partial charge in [0.2, 0.25) is 0 Å². The molecule has 7 aliphatic rings. The average Bonchev–Trinajstić information content (AvgIpc) is 3.59. The van der Waals surface area contributed by atoms with Gasteiger partial charge >= 0.3 is 5.97 Å². The van der Waals surface area contributed by atoms with Crippen LogP contribution in [0.5, 0.6) is 0 Å². The molecule has 1 heterocycles. The van der Waals surface area contributed by atoms with Gasteiger partial charge in [-0.2, -0.15) is 5.26 Å². The molecule has 1 aliphatic heterocycles. The molecule has 1 spiro atoms. The van der Waals surface area contributed by atoms with E-state index >= 15 is 0 Å². The molecule has 0 aromatic carbocycles. The van der Waals surface area contributed by atoms with Crippen LogP contribution in [0.4, 0.5) is 0 Å². The Bertz CT molecular complexity index is 946. The summed E-state index contributed by atoms with van der Waals surface area (Å²) in [6.45, 7) is 4.76. The van der Waals surface area contributed by atoms with Gasteiger partial charge in [-0.05, 0) is 73.7 Å². The number of nitrogens with zero attached hydrogens (tertiary/aromatic N) is 1. The fourth-order valence-electron chi connectivity index (χ4n) is 9.99. The van der Waals surface area contributed by atoms with Crippen LogP contribution < -0.4 is 0 Å². The van der Waals surface area contributed by atoms with Crippen LogP contribution >= 0.6 is 0 Å². The quantitative estimate of drug-likeness (QED) is 0.584. The van der Waals surface area contributed by atoms with Crippen LogP contribution in [0.15, 0.2) is 11.6 Å². The zero-order valence-corrected chi connectivity index (χ0v) is 17.3. The first-order valence-electron chi connectivity index (χ1n) is 11.7. The van der Waals surface area contributed by atoms with Gasteiger partial charge in [0.1, 0.15) is 5.60 Å². The minimum absolute atomic E-state index is 0.0140. The van der Waals surface area contributed by atoms with E-state index in [1.54, 1.807) is 0 Å². The number of allylic oxidation sites excluding steroid dienone is 1. The van der Waals surface area contributed by atoms with E-state index in [4.69, 9.17) is 4.74 Å². The molecule has 0 radical (unpaired) electrons. The number of nitriles is 1. The van der Waals surface area contributed by atoms with Crippen LogP contribution in [0.3, 0.4) is 0 Å². The highest BCUT2D eigenvalue weighted by molar-refractivity contribution is 5.92. The van der Waals surface area contributed by atoms with Gasteiger partial charge in [0.25, 0.3) is 0 Å². The molecule has 7 rings (SSSR count). The molecule has 0 N–H and O–H groups in total. The summed E-state index contributed by atoms with van der Waals surface area (Å²) >= 11 is 0. The number of ether oxygens (including phenoxy) is 1. The predicted molar refractivity (Wildman–Crippen MR) is 104 cm³/mol. The number of carbonyl (C=O) groups excluding carboxylic acids is 2. The number of esters is 1. The normalized spacial score (nSPS) is 60.8. The Balaban J connectivity index is 1.35. The van der Waals surface area contributed by atoms with Crippen molar-refractivity contribution in [2.45, 2.75) is 64.4 Å². The number of ketones is 1. The standard InChI is InChI=1S/C25H29NO3/c1-23-5-3-17-21(22(23)16-10-19(16)25(23)6-4-20(28)29-25)15-9-14(15)18-8-13(27)7-12(11-26)24(17,18)2/h8,12,14-17,19,21-22H,3-7,9-10H2,1-2H3/t12-,14?,15?,16?,17?,19?,21?,22?,23?,24?,25+/m1/s1. The minimum atomic E-state index is -0.205. The van der Waals surface area contributed by atoms with Gasteiger partial charge in [-0.1, -0.05) is 19.4 Å². The van der Waals surface area contributed by atoms with Crippen LogP contribution in [0.1, 0.15) is 58.8 Å². The Morgan fingerprint density at radius 3 is 2.69 bits per heavy atom. The molecule has 9 unspecified atom stereocenters. The molecule has 5 saturated carbocycles. The average molecular weight is 392 g/mol. The second kappa shape index (κ2) is 4.82. The minimum Gasteiger partial charge on any atom is -0.458 e. The van der Waals surface area contributed by atoms with Gasteiger partial charge in [-0.15, -0.1) is 0 Å². The third-order valence-corrected chi connectivity index (χ3v) is 11.2. The van der Waals surface area contributed by atoms with E-state index in [0.717, 1.165) is 19.3 Å². The van der Waals surface area contributed by atoms with Crippen LogP contribution in [0.2, 0.25) is 0 Å². The van der Waals surface area contributed by atoms with Crippen molar-refractivity contribution in [2.75, 3.05) is 0 Å². The Morgan fingerprint density at radius 1 is 1.14 bits per heavy atom. The molecular weight excluding hydrogens is 362 g/mol. The van der Waals surface area contributed by atoms with E-state index in [9.17, 15) is 14.9 Å². The Hall–Kier alpha value is -1.63. The zero-order valence-electron chi connectivity index (χ0n) is 17.3. The molecule has 11 atom stereocenters. The smallest absolute Gasteiger partial charge is 0.306 e. The zero-order chi connectivity index (χ0) is 19.9. The summed E-state index contributed by atoms with van der Waals surface area (Å²) in [6.07, 6.45) is 8.49. The molecular formula is C25H29NO3. The Morgan fingerprint density at radius 2 is 1.97 bits per heavy atom. The van der Waals surface area contributed by atoms with Crippen molar-refractivity contribution >= 4 is 11.8 Å². The van der Waals surface area contributed by atoms with E-state index < -0.39 is 0 Å². The van der Waals surface area contributed by atoms with Crippen molar-refractivity contribution < 1.29 is 14.3 Å². The van der Waals surface area contributed by atoms with Crippen molar-refractivity contribution in [3.05, 3.63) is 11.6 Å². The Labute approximate surface area is 172 Å². The lowest BCUT2D eigenvalue weighted by atomic mass is 9.43. The molecule has 29 heavy (non-hydrogen) atoms. The monoisotopic (exact) mass is 391 g/mol. The lowest BCUT2D eigenvalue weighted by molar-refractivity contribution is -0.178. The van der Waals surface area contributed by atoms with Crippen LogP contribution in [-0.4, -0.2) is 17.4 Å². The first-order chi connectivity index (χ1) is 13.8. The third kappa shape index (κ3) is 1.69. The van der Waals surface area contributed by atoms with Crippen molar-refractivity contribution in [1.29, 1.82) is 5.26 Å². The summed E-state index contributed by atoms with van der Waals surface area (Å²) in [5, 5.41) is 10.0. The van der Waals surface area contributed by atoms with Gasteiger partial charge in [0.05, 0.1) is 12.0 Å². The second-order valence-electron chi connectivity index (χ2n) is 11.8. The summed E-state index contributed by atoms with van der Waals surface area (Å²) in [4.78, 5) is 24.6. The maximum atomic E-state index is 12.4. The fourth-order valence-corrected chi connectivity index (χ4v) is 9.99. The number of hydrogen-bond donors (Lipinski definition) is 0. The lowest BCUT2D eigenvalue weighted by Crippen LogP contribution is -2.58. The molecule has 4 heteroatoms. The molecule has 1 saturated heterocycles. The predicted octanol–water partition coefficient (Wildman–Crippen LogP) is 4.06. The molecule has 0 amide bonds. The Kier molecular flexibility index (Phi) is 2.84. The second-order valence-corrected chi connectivity index (χ2v) is 11.8. The number of rotatable bonds is 0. The summed E-state index contributed by atoms with van der Waals surface area (Å²) in [6, 6.07) is 2.56. The maximum absolute atomic E-state index is 12.4. The third-order valence-electron chi connectivity index (χ3n) is 11.2. The SMILES string of the molecule is CC12C(=CC(=O)C[C@@H]1C#N)C1CC1C1C2CCC2(C)C1C1CC1[C@@]21CCC(=O)O1. The van der Waals surface area contributed by atoms with Crippen molar-refractivity contribution in [3.8, 4) is 6.07 Å².